The van der Waals surface area contributed by atoms with Crippen molar-refractivity contribution in [2.45, 2.75) is 11.5 Å². The fraction of sp³-hybridized carbons (Fsp3) is 0.200. The largest absolute Gasteiger partial charge is 0.454 e. The molecule has 1 amide bonds. The van der Waals surface area contributed by atoms with Crippen LogP contribution >= 0.6 is 11.8 Å². The number of hydrogen-bond donors (Lipinski definition) is 1. The molecule has 2 aliphatic heterocycles. The van der Waals surface area contributed by atoms with Gasteiger partial charge in [0.05, 0.1) is 11.3 Å². The smallest absolute Gasteiger partial charge is 0.250 e. The van der Waals surface area contributed by atoms with Gasteiger partial charge in [0.2, 0.25) is 12.7 Å². The molecule has 0 radical (unpaired) electrons. The van der Waals surface area contributed by atoms with Crippen molar-refractivity contribution in [2.75, 3.05) is 12.1 Å². The summed E-state index contributed by atoms with van der Waals surface area (Å²) in [6, 6.07) is 5.51. The van der Waals surface area contributed by atoms with Crippen LogP contribution < -0.4 is 14.8 Å². The molecule has 0 unspecified atom stereocenters. The molecule has 2 aliphatic rings. The molecule has 6 nitrogen and oxygen atoms in total. The number of hydrogen-bond acceptors (Lipinski definition) is 6. The minimum atomic E-state index is -0.256. The zero-order valence-corrected chi connectivity index (χ0v) is 12.3. The molecule has 1 aromatic heterocycles. The van der Waals surface area contributed by atoms with Crippen molar-refractivity contribution < 1.29 is 18.8 Å². The molecule has 1 aromatic carbocycles. The second kappa shape index (κ2) is 5.42. The second-order valence-electron chi connectivity index (χ2n) is 4.87. The van der Waals surface area contributed by atoms with Crippen LogP contribution in [0.4, 0.5) is 5.88 Å². The molecule has 22 heavy (non-hydrogen) atoms. The number of fused-ring (bicyclic) bond motifs is 2. The summed E-state index contributed by atoms with van der Waals surface area (Å²) in [4.78, 5) is 12.0. The van der Waals surface area contributed by atoms with Gasteiger partial charge in [0.1, 0.15) is 0 Å². The predicted molar refractivity (Wildman–Crippen MR) is 81.7 cm³/mol. The third-order valence-electron chi connectivity index (χ3n) is 3.42. The Hall–Kier alpha value is -2.41. The molecule has 0 saturated heterocycles. The molecule has 0 atom stereocenters. The van der Waals surface area contributed by atoms with Crippen molar-refractivity contribution in [1.29, 1.82) is 0 Å². The first kappa shape index (κ1) is 13.3. The van der Waals surface area contributed by atoms with E-state index in [9.17, 15) is 4.79 Å². The first-order valence-corrected chi connectivity index (χ1v) is 7.89. The molecule has 4 rings (SSSR count). The number of ether oxygens (including phenoxy) is 2. The fourth-order valence-electron chi connectivity index (χ4n) is 2.29. The SMILES string of the molecule is O=C(C=Cc1ccc2c(c1)OCO2)Nc1onc2c1CSC2. The van der Waals surface area contributed by atoms with Crippen LogP contribution in [0.5, 0.6) is 11.5 Å². The van der Waals surface area contributed by atoms with E-state index >= 15 is 0 Å². The summed E-state index contributed by atoms with van der Waals surface area (Å²) in [5.74, 6) is 3.25. The van der Waals surface area contributed by atoms with Gasteiger partial charge in [-0.3, -0.25) is 10.1 Å². The van der Waals surface area contributed by atoms with Crippen molar-refractivity contribution in [3.8, 4) is 11.5 Å². The molecule has 2 aromatic rings. The minimum Gasteiger partial charge on any atom is -0.454 e. The van der Waals surface area contributed by atoms with E-state index in [0.29, 0.717) is 11.6 Å². The molecular formula is C15H12N2O4S. The number of carbonyl (C=O) groups excluding carboxylic acids is 1. The summed E-state index contributed by atoms with van der Waals surface area (Å²) in [6.45, 7) is 0.234. The Morgan fingerprint density at radius 2 is 2.18 bits per heavy atom. The van der Waals surface area contributed by atoms with E-state index in [1.165, 1.54) is 6.08 Å². The number of nitrogens with zero attached hydrogens (tertiary/aromatic N) is 1. The molecule has 1 N–H and O–H groups in total. The van der Waals surface area contributed by atoms with Gasteiger partial charge in [-0.2, -0.15) is 11.8 Å². The number of amides is 1. The van der Waals surface area contributed by atoms with Crippen molar-refractivity contribution in [3.63, 3.8) is 0 Å². The topological polar surface area (TPSA) is 73.6 Å². The Balaban J connectivity index is 1.45. The van der Waals surface area contributed by atoms with Crippen LogP contribution in [0.3, 0.4) is 0 Å². The summed E-state index contributed by atoms with van der Waals surface area (Å²) < 4.78 is 15.7. The lowest BCUT2D eigenvalue weighted by molar-refractivity contribution is -0.112. The summed E-state index contributed by atoms with van der Waals surface area (Å²) in [7, 11) is 0. The van der Waals surface area contributed by atoms with Crippen molar-refractivity contribution in [3.05, 3.63) is 41.1 Å². The maximum Gasteiger partial charge on any atom is 0.250 e. The van der Waals surface area contributed by atoms with E-state index < -0.39 is 0 Å². The summed E-state index contributed by atoms with van der Waals surface area (Å²) in [5.41, 5.74) is 2.76. The molecule has 0 bridgehead atoms. The van der Waals surface area contributed by atoms with Crippen molar-refractivity contribution >= 4 is 29.6 Å². The van der Waals surface area contributed by atoms with Crippen molar-refractivity contribution in [1.82, 2.24) is 5.16 Å². The van der Waals surface area contributed by atoms with Gasteiger partial charge < -0.3 is 14.0 Å². The van der Waals surface area contributed by atoms with Gasteiger partial charge in [-0.25, -0.2) is 0 Å². The highest BCUT2D eigenvalue weighted by molar-refractivity contribution is 7.98. The Bertz CT molecular complexity index is 769. The van der Waals surface area contributed by atoms with Crippen LogP contribution in [0.25, 0.3) is 6.08 Å². The third kappa shape index (κ3) is 2.43. The van der Waals surface area contributed by atoms with Gasteiger partial charge in [0.25, 0.3) is 5.91 Å². The van der Waals surface area contributed by atoms with Crippen LogP contribution in [0.2, 0.25) is 0 Å². The average Bonchev–Trinajstić information content (AvgIpc) is 3.22. The van der Waals surface area contributed by atoms with Gasteiger partial charge in [0, 0.05) is 17.6 Å². The number of rotatable bonds is 3. The van der Waals surface area contributed by atoms with Gasteiger partial charge >= 0.3 is 0 Å². The number of anilines is 1. The van der Waals surface area contributed by atoms with E-state index in [1.807, 2.05) is 18.2 Å². The molecule has 7 heteroatoms. The summed E-state index contributed by atoms with van der Waals surface area (Å²) in [5, 5.41) is 6.66. The highest BCUT2D eigenvalue weighted by atomic mass is 32.2. The first-order valence-electron chi connectivity index (χ1n) is 6.73. The number of carbonyl (C=O) groups is 1. The molecule has 0 spiro atoms. The molecule has 0 fully saturated rings. The van der Waals surface area contributed by atoms with E-state index in [4.69, 9.17) is 14.0 Å². The molecule has 0 saturated carbocycles. The Labute approximate surface area is 130 Å². The Kier molecular flexibility index (Phi) is 3.27. The summed E-state index contributed by atoms with van der Waals surface area (Å²) >= 11 is 1.75. The number of nitrogens with one attached hydrogen (secondary N) is 1. The lowest BCUT2D eigenvalue weighted by atomic mass is 10.2. The van der Waals surface area contributed by atoms with Crippen molar-refractivity contribution in [2.24, 2.45) is 0 Å². The third-order valence-corrected chi connectivity index (χ3v) is 4.39. The second-order valence-corrected chi connectivity index (χ2v) is 5.85. The normalized spacial score (nSPS) is 15.3. The minimum absolute atomic E-state index is 0.234. The van der Waals surface area contributed by atoms with Gasteiger partial charge in [-0.15, -0.1) is 0 Å². The Morgan fingerprint density at radius 3 is 3.14 bits per heavy atom. The number of aromatic nitrogens is 1. The molecule has 112 valence electrons. The number of thioether (sulfide) groups is 1. The first-order chi connectivity index (χ1) is 10.8. The monoisotopic (exact) mass is 316 g/mol. The average molecular weight is 316 g/mol. The van der Waals surface area contributed by atoms with Crippen LogP contribution in [-0.4, -0.2) is 17.9 Å². The zero-order chi connectivity index (χ0) is 14.9. The molecular weight excluding hydrogens is 304 g/mol. The van der Waals surface area contributed by atoms with Crippen LogP contribution in [0.15, 0.2) is 28.8 Å². The highest BCUT2D eigenvalue weighted by Crippen LogP contribution is 2.34. The maximum atomic E-state index is 12.0. The van der Waals surface area contributed by atoms with E-state index in [-0.39, 0.29) is 12.7 Å². The lowest BCUT2D eigenvalue weighted by Gasteiger charge is -1.99. The maximum absolute atomic E-state index is 12.0. The number of benzene rings is 1. The van der Waals surface area contributed by atoms with Gasteiger partial charge in [0.15, 0.2) is 11.5 Å². The zero-order valence-electron chi connectivity index (χ0n) is 11.5. The standard InChI is InChI=1S/C15H12N2O4S/c18-14(16-15-10-6-22-7-11(10)17-21-15)4-2-9-1-3-12-13(5-9)20-8-19-12/h1-5H,6-8H2,(H,16,18). The Morgan fingerprint density at radius 1 is 1.27 bits per heavy atom. The van der Waals surface area contributed by atoms with Gasteiger partial charge in [-0.1, -0.05) is 11.2 Å². The predicted octanol–water partition coefficient (Wildman–Crippen LogP) is 2.80. The van der Waals surface area contributed by atoms with E-state index in [0.717, 1.165) is 34.1 Å². The lowest BCUT2D eigenvalue weighted by Crippen LogP contribution is -2.08. The highest BCUT2D eigenvalue weighted by Gasteiger charge is 2.22. The van der Waals surface area contributed by atoms with Crippen LogP contribution in [-0.2, 0) is 16.3 Å². The quantitative estimate of drug-likeness (QED) is 0.878. The summed E-state index contributed by atoms with van der Waals surface area (Å²) in [6.07, 6.45) is 3.16. The van der Waals surface area contributed by atoms with E-state index in [2.05, 4.69) is 10.5 Å². The molecule has 3 heterocycles. The van der Waals surface area contributed by atoms with Crippen LogP contribution in [0, 0.1) is 0 Å². The fourth-order valence-corrected chi connectivity index (χ4v) is 3.32. The van der Waals surface area contributed by atoms with Crippen LogP contribution in [0.1, 0.15) is 16.8 Å². The van der Waals surface area contributed by atoms with Gasteiger partial charge in [-0.05, 0) is 23.8 Å². The molecule has 0 aliphatic carbocycles. The van der Waals surface area contributed by atoms with E-state index in [1.54, 1.807) is 17.8 Å².